The van der Waals surface area contributed by atoms with Crippen LogP contribution in [0.5, 0.6) is 0 Å². The second-order valence-electron chi connectivity index (χ2n) is 3.42. The molecule has 1 aromatic heterocycles. The number of rotatable bonds is 5. The summed E-state index contributed by atoms with van der Waals surface area (Å²) < 4.78 is 1.71. The molecule has 0 amide bonds. The van der Waals surface area contributed by atoms with Crippen molar-refractivity contribution in [3.05, 3.63) is 18.0 Å². The molecule has 0 aromatic carbocycles. The maximum atomic E-state index is 11.9. The summed E-state index contributed by atoms with van der Waals surface area (Å²) in [6.45, 7) is 4.64. The summed E-state index contributed by atoms with van der Waals surface area (Å²) in [4.78, 5) is 11.9. The summed E-state index contributed by atoms with van der Waals surface area (Å²) in [6.07, 6.45) is 4.30. The molecule has 80 valence electrons. The van der Waals surface area contributed by atoms with E-state index < -0.39 is 0 Å². The number of hydrogen-bond donors (Lipinski definition) is 0. The first-order valence-corrected chi connectivity index (χ1v) is 5.16. The third-order valence-corrected chi connectivity index (χ3v) is 2.44. The normalized spacial score (nSPS) is 12.1. The van der Waals surface area contributed by atoms with Crippen LogP contribution in [0.2, 0.25) is 0 Å². The number of aryl methyl sites for hydroxylation is 1. The fraction of sp³-hybridized carbons (Fsp3) is 0.545. The summed E-state index contributed by atoms with van der Waals surface area (Å²) in [6, 6.07) is 2.04. The van der Waals surface area contributed by atoms with Gasteiger partial charge in [-0.25, -0.2) is 0 Å². The largest absolute Gasteiger partial charge is 0.294 e. The van der Waals surface area contributed by atoms with E-state index in [-0.39, 0.29) is 18.1 Å². The zero-order valence-corrected chi connectivity index (χ0v) is 9.10. The molecule has 1 atom stereocenters. The number of nitrogens with zero attached hydrogens (tertiary/aromatic N) is 3. The van der Waals surface area contributed by atoms with E-state index in [1.165, 1.54) is 0 Å². The number of aromatic nitrogens is 2. The van der Waals surface area contributed by atoms with Gasteiger partial charge in [0.25, 0.3) is 0 Å². The highest BCUT2D eigenvalue weighted by atomic mass is 16.1. The average molecular weight is 205 g/mol. The van der Waals surface area contributed by atoms with Crippen LogP contribution in [-0.4, -0.2) is 15.6 Å². The summed E-state index contributed by atoms with van der Waals surface area (Å²) in [5.74, 6) is -0.164. The molecule has 4 nitrogen and oxygen atoms in total. The van der Waals surface area contributed by atoms with Crippen LogP contribution in [0.1, 0.15) is 37.0 Å². The molecule has 0 saturated heterocycles. The molecule has 0 N–H and O–H groups in total. The Morgan fingerprint density at radius 2 is 2.40 bits per heavy atom. The Morgan fingerprint density at radius 1 is 1.67 bits per heavy atom. The number of carbonyl (C=O) groups excluding carboxylic acids is 1. The third-order valence-electron chi connectivity index (χ3n) is 2.44. The van der Waals surface area contributed by atoms with E-state index in [2.05, 4.69) is 5.10 Å². The van der Waals surface area contributed by atoms with Gasteiger partial charge >= 0.3 is 0 Å². The maximum absolute atomic E-state index is 11.9. The molecule has 0 bridgehead atoms. The van der Waals surface area contributed by atoms with Crippen LogP contribution in [0.4, 0.5) is 0 Å². The number of ketones is 1. The molecule has 0 spiro atoms. The van der Waals surface area contributed by atoms with Crippen molar-refractivity contribution >= 4 is 5.78 Å². The van der Waals surface area contributed by atoms with Gasteiger partial charge < -0.3 is 0 Å². The minimum atomic E-state index is -0.190. The lowest BCUT2D eigenvalue weighted by molar-refractivity contribution is 0.0918. The molecular weight excluding hydrogens is 190 g/mol. The number of nitriles is 1. The van der Waals surface area contributed by atoms with Crippen molar-refractivity contribution in [2.45, 2.75) is 33.2 Å². The zero-order valence-electron chi connectivity index (χ0n) is 9.10. The standard InChI is InChI=1S/C11H15N3O/c1-3-9(5-6-12)11(15)10-7-13-14(4-2)8-10/h7-9H,3-5H2,1-2H3. The molecular formula is C11H15N3O. The van der Waals surface area contributed by atoms with Gasteiger partial charge in [0, 0.05) is 25.1 Å². The molecule has 0 aliphatic heterocycles. The van der Waals surface area contributed by atoms with Crippen LogP contribution < -0.4 is 0 Å². The van der Waals surface area contributed by atoms with Gasteiger partial charge in [-0.05, 0) is 13.3 Å². The van der Waals surface area contributed by atoms with Gasteiger partial charge in [-0.15, -0.1) is 0 Å². The molecule has 1 heterocycles. The fourth-order valence-electron chi connectivity index (χ4n) is 1.43. The maximum Gasteiger partial charge on any atom is 0.170 e. The van der Waals surface area contributed by atoms with Crippen LogP contribution in [0, 0.1) is 17.2 Å². The van der Waals surface area contributed by atoms with E-state index in [0.29, 0.717) is 12.0 Å². The Balaban J connectivity index is 2.79. The third kappa shape index (κ3) is 2.66. The van der Waals surface area contributed by atoms with Crippen LogP contribution in [0.15, 0.2) is 12.4 Å². The van der Waals surface area contributed by atoms with Crippen molar-refractivity contribution < 1.29 is 4.79 Å². The van der Waals surface area contributed by atoms with Gasteiger partial charge in [-0.3, -0.25) is 9.48 Å². The van der Waals surface area contributed by atoms with E-state index in [0.717, 1.165) is 6.54 Å². The molecule has 0 saturated carbocycles. The molecule has 1 aromatic rings. The van der Waals surface area contributed by atoms with E-state index in [9.17, 15) is 4.79 Å². The van der Waals surface area contributed by atoms with Crippen molar-refractivity contribution in [3.8, 4) is 6.07 Å². The van der Waals surface area contributed by atoms with Crippen molar-refractivity contribution in [2.75, 3.05) is 0 Å². The molecule has 4 heteroatoms. The quantitative estimate of drug-likeness (QED) is 0.691. The van der Waals surface area contributed by atoms with Crippen LogP contribution >= 0.6 is 0 Å². The lowest BCUT2D eigenvalue weighted by Crippen LogP contribution is -2.12. The Bertz CT molecular complexity index is 375. The topological polar surface area (TPSA) is 58.7 Å². The Kier molecular flexibility index (Phi) is 4.04. The van der Waals surface area contributed by atoms with Crippen molar-refractivity contribution in [3.63, 3.8) is 0 Å². The predicted molar refractivity (Wildman–Crippen MR) is 56.2 cm³/mol. The second-order valence-corrected chi connectivity index (χ2v) is 3.42. The molecule has 1 unspecified atom stereocenters. The minimum Gasteiger partial charge on any atom is -0.294 e. The average Bonchev–Trinajstić information content (AvgIpc) is 2.73. The van der Waals surface area contributed by atoms with Crippen molar-refractivity contribution in [1.82, 2.24) is 9.78 Å². The highest BCUT2D eigenvalue weighted by Crippen LogP contribution is 2.15. The van der Waals surface area contributed by atoms with E-state index in [1.54, 1.807) is 17.1 Å². The smallest absolute Gasteiger partial charge is 0.170 e. The van der Waals surface area contributed by atoms with E-state index in [1.807, 2.05) is 19.9 Å². The first-order valence-electron chi connectivity index (χ1n) is 5.16. The van der Waals surface area contributed by atoms with Crippen LogP contribution in [-0.2, 0) is 6.54 Å². The highest BCUT2D eigenvalue weighted by Gasteiger charge is 2.19. The minimum absolute atomic E-state index is 0.0266. The Morgan fingerprint density at radius 3 is 2.87 bits per heavy atom. The van der Waals surface area contributed by atoms with Crippen LogP contribution in [0.25, 0.3) is 0 Å². The van der Waals surface area contributed by atoms with Gasteiger partial charge in [-0.2, -0.15) is 10.4 Å². The highest BCUT2D eigenvalue weighted by molar-refractivity contribution is 5.97. The van der Waals surface area contributed by atoms with E-state index >= 15 is 0 Å². The van der Waals surface area contributed by atoms with Gasteiger partial charge in [0.05, 0.1) is 17.8 Å². The molecule has 15 heavy (non-hydrogen) atoms. The monoisotopic (exact) mass is 205 g/mol. The fourth-order valence-corrected chi connectivity index (χ4v) is 1.43. The molecule has 0 aliphatic carbocycles. The second kappa shape index (κ2) is 5.30. The Labute approximate surface area is 89.5 Å². The summed E-state index contributed by atoms with van der Waals surface area (Å²) in [5.41, 5.74) is 0.610. The predicted octanol–water partition coefficient (Wildman–Crippen LogP) is 2.03. The first kappa shape index (κ1) is 11.4. The van der Waals surface area contributed by atoms with Gasteiger partial charge in [0.1, 0.15) is 0 Å². The van der Waals surface area contributed by atoms with Crippen molar-refractivity contribution in [1.29, 1.82) is 5.26 Å². The van der Waals surface area contributed by atoms with E-state index in [4.69, 9.17) is 5.26 Å². The lowest BCUT2D eigenvalue weighted by atomic mass is 9.94. The first-order chi connectivity index (χ1) is 7.22. The summed E-state index contributed by atoms with van der Waals surface area (Å²) in [5, 5.41) is 12.6. The summed E-state index contributed by atoms with van der Waals surface area (Å²) >= 11 is 0. The SMILES string of the molecule is CCC(CC#N)C(=O)c1cnn(CC)c1. The van der Waals surface area contributed by atoms with Crippen LogP contribution in [0.3, 0.4) is 0 Å². The molecule has 0 radical (unpaired) electrons. The number of Topliss-reactive ketones (excluding diaryl/α,β-unsaturated/α-hetero) is 1. The molecule has 0 aliphatic rings. The summed E-state index contributed by atoms with van der Waals surface area (Å²) in [7, 11) is 0. The molecule has 0 fully saturated rings. The van der Waals surface area contributed by atoms with Crippen molar-refractivity contribution in [2.24, 2.45) is 5.92 Å². The van der Waals surface area contributed by atoms with Gasteiger partial charge in [0.2, 0.25) is 0 Å². The number of carbonyl (C=O) groups is 1. The van der Waals surface area contributed by atoms with Gasteiger partial charge in [-0.1, -0.05) is 6.92 Å². The molecule has 1 rings (SSSR count). The van der Waals surface area contributed by atoms with Gasteiger partial charge in [0.15, 0.2) is 5.78 Å². The number of hydrogen-bond acceptors (Lipinski definition) is 3. The Hall–Kier alpha value is -1.63. The zero-order chi connectivity index (χ0) is 11.3. The lowest BCUT2D eigenvalue weighted by Gasteiger charge is -2.06.